The number of hydrogen-bond acceptors (Lipinski definition) is 2. The smallest absolute Gasteiger partial charge is 0.0945 e. The predicted molar refractivity (Wildman–Crippen MR) is 66.8 cm³/mol. The van der Waals surface area contributed by atoms with Crippen molar-refractivity contribution < 1.29 is 9.84 Å². The van der Waals surface area contributed by atoms with Crippen LogP contribution < -0.4 is 0 Å². The van der Waals surface area contributed by atoms with Crippen LogP contribution in [0.2, 0.25) is 0 Å². The first-order valence-electron chi connectivity index (χ1n) is 6.65. The van der Waals surface area contributed by atoms with E-state index in [0.717, 1.165) is 32.1 Å². The molecule has 2 aliphatic heterocycles. The number of aliphatic hydroxyl groups excluding tert-OH is 1. The molecular formula is C15H20O2. The average Bonchev–Trinajstić information content (AvgIpc) is 2.96. The molecule has 92 valence electrons. The molecule has 0 unspecified atom stereocenters. The first-order valence-corrected chi connectivity index (χ1v) is 6.65. The van der Waals surface area contributed by atoms with Gasteiger partial charge in [0.15, 0.2) is 0 Å². The highest BCUT2D eigenvalue weighted by Gasteiger charge is 2.52. The van der Waals surface area contributed by atoms with Crippen molar-refractivity contribution in [1.29, 1.82) is 0 Å². The second-order valence-corrected chi connectivity index (χ2v) is 5.46. The highest BCUT2D eigenvalue weighted by atomic mass is 16.5. The van der Waals surface area contributed by atoms with Gasteiger partial charge in [0, 0.05) is 0 Å². The molecule has 2 bridgehead atoms. The SMILES string of the molecule is OC[C@]12CC[C@H](C[C@H]1CCc1ccccc1)O2. The summed E-state index contributed by atoms with van der Waals surface area (Å²) in [6, 6.07) is 10.6. The van der Waals surface area contributed by atoms with E-state index in [2.05, 4.69) is 30.3 Å². The average molecular weight is 232 g/mol. The number of aryl methyl sites for hydroxylation is 1. The molecule has 17 heavy (non-hydrogen) atoms. The van der Waals surface area contributed by atoms with Crippen molar-refractivity contribution in [2.45, 2.75) is 43.8 Å². The Morgan fingerprint density at radius 3 is 2.82 bits per heavy atom. The second-order valence-electron chi connectivity index (χ2n) is 5.46. The monoisotopic (exact) mass is 232 g/mol. The summed E-state index contributed by atoms with van der Waals surface area (Å²) in [5, 5.41) is 9.59. The Kier molecular flexibility index (Phi) is 2.93. The van der Waals surface area contributed by atoms with Crippen LogP contribution in [0.15, 0.2) is 30.3 Å². The van der Waals surface area contributed by atoms with E-state index in [9.17, 15) is 5.11 Å². The molecule has 0 spiro atoms. The molecule has 2 heteroatoms. The lowest BCUT2D eigenvalue weighted by Gasteiger charge is -2.30. The van der Waals surface area contributed by atoms with E-state index in [-0.39, 0.29) is 12.2 Å². The van der Waals surface area contributed by atoms with Crippen molar-refractivity contribution in [3.8, 4) is 0 Å². The topological polar surface area (TPSA) is 29.5 Å². The molecular weight excluding hydrogens is 212 g/mol. The van der Waals surface area contributed by atoms with E-state index in [1.54, 1.807) is 0 Å². The Morgan fingerprint density at radius 1 is 1.29 bits per heavy atom. The summed E-state index contributed by atoms with van der Waals surface area (Å²) in [7, 11) is 0. The van der Waals surface area contributed by atoms with E-state index in [1.807, 2.05) is 0 Å². The van der Waals surface area contributed by atoms with E-state index < -0.39 is 0 Å². The van der Waals surface area contributed by atoms with Gasteiger partial charge in [-0.15, -0.1) is 0 Å². The Balaban J connectivity index is 1.63. The molecule has 2 aliphatic rings. The van der Waals surface area contributed by atoms with Gasteiger partial charge in [-0.1, -0.05) is 30.3 Å². The lowest BCUT2D eigenvalue weighted by Crippen LogP contribution is -2.38. The van der Waals surface area contributed by atoms with E-state index in [0.29, 0.717) is 12.0 Å². The van der Waals surface area contributed by atoms with Crippen LogP contribution in [-0.4, -0.2) is 23.4 Å². The molecule has 0 aliphatic carbocycles. The lowest BCUT2D eigenvalue weighted by atomic mass is 9.76. The molecule has 2 nitrogen and oxygen atoms in total. The van der Waals surface area contributed by atoms with Gasteiger partial charge in [-0.05, 0) is 43.6 Å². The van der Waals surface area contributed by atoms with Gasteiger partial charge in [0.2, 0.25) is 0 Å². The molecule has 0 radical (unpaired) electrons. The van der Waals surface area contributed by atoms with Crippen LogP contribution in [0.4, 0.5) is 0 Å². The summed E-state index contributed by atoms with van der Waals surface area (Å²) in [4.78, 5) is 0. The second kappa shape index (κ2) is 4.43. The molecule has 0 amide bonds. The summed E-state index contributed by atoms with van der Waals surface area (Å²) in [6.45, 7) is 0.197. The molecule has 3 rings (SSSR count). The van der Waals surface area contributed by atoms with Crippen LogP contribution in [0, 0.1) is 5.92 Å². The number of fused-ring (bicyclic) bond motifs is 2. The summed E-state index contributed by atoms with van der Waals surface area (Å²) in [5.74, 6) is 0.548. The first kappa shape index (κ1) is 11.2. The van der Waals surface area contributed by atoms with Crippen molar-refractivity contribution in [1.82, 2.24) is 0 Å². The normalized spacial score (nSPS) is 35.4. The standard InChI is InChI=1S/C15H20O2/c16-11-15-9-8-14(17-15)10-13(15)7-6-12-4-2-1-3-5-12/h1-5,13-14,16H,6-11H2/t13-,14-,15-/m1/s1. The fraction of sp³-hybridized carbons (Fsp3) is 0.600. The summed E-state index contributed by atoms with van der Waals surface area (Å²) in [6.07, 6.45) is 6.00. The Labute approximate surface area is 103 Å². The molecule has 1 aromatic carbocycles. The van der Waals surface area contributed by atoms with Crippen molar-refractivity contribution in [2.75, 3.05) is 6.61 Å². The summed E-state index contributed by atoms with van der Waals surface area (Å²) < 4.78 is 5.96. The van der Waals surface area contributed by atoms with Crippen LogP contribution in [0.5, 0.6) is 0 Å². The minimum atomic E-state index is -0.195. The zero-order valence-electron chi connectivity index (χ0n) is 10.1. The molecule has 0 saturated carbocycles. The van der Waals surface area contributed by atoms with Crippen LogP contribution in [0.25, 0.3) is 0 Å². The van der Waals surface area contributed by atoms with Crippen molar-refractivity contribution in [3.05, 3.63) is 35.9 Å². The van der Waals surface area contributed by atoms with Crippen LogP contribution >= 0.6 is 0 Å². The third kappa shape index (κ3) is 2.00. The van der Waals surface area contributed by atoms with E-state index in [1.165, 1.54) is 5.56 Å². The van der Waals surface area contributed by atoms with Crippen molar-refractivity contribution in [3.63, 3.8) is 0 Å². The third-order valence-electron chi connectivity index (χ3n) is 4.47. The van der Waals surface area contributed by atoms with Gasteiger partial charge in [-0.25, -0.2) is 0 Å². The molecule has 3 atom stereocenters. The van der Waals surface area contributed by atoms with Crippen LogP contribution in [0.3, 0.4) is 0 Å². The van der Waals surface area contributed by atoms with Crippen LogP contribution in [-0.2, 0) is 11.2 Å². The van der Waals surface area contributed by atoms with E-state index >= 15 is 0 Å². The molecule has 2 heterocycles. The minimum absolute atomic E-state index is 0.195. The molecule has 0 aromatic heterocycles. The third-order valence-corrected chi connectivity index (χ3v) is 4.47. The molecule has 2 saturated heterocycles. The van der Waals surface area contributed by atoms with E-state index in [4.69, 9.17) is 4.74 Å². The summed E-state index contributed by atoms with van der Waals surface area (Å²) >= 11 is 0. The van der Waals surface area contributed by atoms with Crippen LogP contribution in [0.1, 0.15) is 31.2 Å². The molecule has 2 fully saturated rings. The van der Waals surface area contributed by atoms with Crippen molar-refractivity contribution >= 4 is 0 Å². The minimum Gasteiger partial charge on any atom is -0.393 e. The molecule has 1 N–H and O–H groups in total. The first-order chi connectivity index (χ1) is 8.32. The maximum Gasteiger partial charge on any atom is 0.0945 e. The van der Waals surface area contributed by atoms with Gasteiger partial charge in [0.1, 0.15) is 0 Å². The largest absolute Gasteiger partial charge is 0.393 e. The van der Waals surface area contributed by atoms with Gasteiger partial charge in [-0.3, -0.25) is 0 Å². The highest BCUT2D eigenvalue weighted by Crippen LogP contribution is 2.49. The van der Waals surface area contributed by atoms with Gasteiger partial charge in [-0.2, -0.15) is 0 Å². The Bertz CT molecular complexity index is 376. The van der Waals surface area contributed by atoms with Crippen molar-refractivity contribution in [2.24, 2.45) is 5.92 Å². The fourth-order valence-corrected chi connectivity index (χ4v) is 3.47. The maximum atomic E-state index is 9.59. The number of hydrogen-bond donors (Lipinski definition) is 1. The highest BCUT2D eigenvalue weighted by molar-refractivity contribution is 5.15. The maximum absolute atomic E-state index is 9.59. The van der Waals surface area contributed by atoms with Gasteiger partial charge in [0.25, 0.3) is 0 Å². The van der Waals surface area contributed by atoms with Gasteiger partial charge < -0.3 is 9.84 Å². The summed E-state index contributed by atoms with van der Waals surface area (Å²) in [5.41, 5.74) is 1.20. The predicted octanol–water partition coefficient (Wildman–Crippen LogP) is 2.55. The number of ether oxygens (including phenoxy) is 1. The van der Waals surface area contributed by atoms with Gasteiger partial charge >= 0.3 is 0 Å². The lowest BCUT2D eigenvalue weighted by molar-refractivity contribution is -0.0502. The Morgan fingerprint density at radius 2 is 2.12 bits per heavy atom. The zero-order valence-corrected chi connectivity index (χ0v) is 10.1. The number of rotatable bonds is 4. The number of benzene rings is 1. The quantitative estimate of drug-likeness (QED) is 0.864. The Hall–Kier alpha value is -0.860. The fourth-order valence-electron chi connectivity index (χ4n) is 3.47. The zero-order chi connectivity index (χ0) is 11.7. The molecule has 1 aromatic rings. The number of aliphatic hydroxyl groups is 1. The van der Waals surface area contributed by atoms with Gasteiger partial charge in [0.05, 0.1) is 18.3 Å².